The zero-order chi connectivity index (χ0) is 20.5. The molecule has 0 aliphatic heterocycles. The van der Waals surface area contributed by atoms with Gasteiger partial charge in [0, 0.05) is 13.6 Å². The summed E-state index contributed by atoms with van der Waals surface area (Å²) in [6.07, 6.45) is 0.514. The fourth-order valence-corrected chi connectivity index (χ4v) is 2.99. The van der Waals surface area contributed by atoms with Crippen LogP contribution >= 0.6 is 0 Å². The molecule has 2 amide bonds. The molecular weight excluding hydrogens is 356 g/mol. The van der Waals surface area contributed by atoms with Crippen LogP contribution in [0.3, 0.4) is 0 Å². The van der Waals surface area contributed by atoms with Crippen molar-refractivity contribution in [1.82, 2.24) is 10.2 Å². The van der Waals surface area contributed by atoms with Gasteiger partial charge in [0.05, 0.1) is 7.11 Å². The van der Waals surface area contributed by atoms with Crippen LogP contribution in [-0.4, -0.2) is 43.5 Å². The van der Waals surface area contributed by atoms with E-state index < -0.39 is 6.04 Å². The van der Waals surface area contributed by atoms with Gasteiger partial charge in [0.25, 0.3) is 5.91 Å². The number of hydrogen-bond acceptors (Lipinski definition) is 4. The number of hydrogen-bond donors (Lipinski definition) is 1. The summed E-state index contributed by atoms with van der Waals surface area (Å²) in [4.78, 5) is 26.9. The largest absolute Gasteiger partial charge is 0.497 e. The van der Waals surface area contributed by atoms with Crippen LogP contribution in [-0.2, 0) is 16.1 Å². The maximum absolute atomic E-state index is 12.9. The standard InChI is InChI=1S/C22H28N2O4/c1-5-20(22(26)23-3)24(14-17-8-6-7-16(2)13-17)21(25)15-28-19-11-9-18(27-4)10-12-19/h6-13,20H,5,14-15H2,1-4H3,(H,23,26). The second-order valence-corrected chi connectivity index (χ2v) is 6.51. The molecule has 2 aromatic carbocycles. The number of benzene rings is 2. The molecule has 1 unspecified atom stereocenters. The predicted octanol–water partition coefficient (Wildman–Crippen LogP) is 2.94. The number of nitrogens with one attached hydrogen (secondary N) is 1. The van der Waals surface area contributed by atoms with Crippen molar-refractivity contribution in [1.29, 1.82) is 0 Å². The fraction of sp³-hybridized carbons (Fsp3) is 0.364. The SMILES string of the molecule is CCC(C(=O)NC)N(Cc1cccc(C)c1)C(=O)COc1ccc(OC)cc1. The van der Waals surface area contributed by atoms with E-state index in [4.69, 9.17) is 9.47 Å². The van der Waals surface area contributed by atoms with Gasteiger partial charge in [-0.3, -0.25) is 9.59 Å². The number of aryl methyl sites for hydroxylation is 1. The lowest BCUT2D eigenvalue weighted by Gasteiger charge is -2.30. The highest BCUT2D eigenvalue weighted by molar-refractivity contribution is 5.88. The predicted molar refractivity (Wildman–Crippen MR) is 108 cm³/mol. The van der Waals surface area contributed by atoms with Crippen LogP contribution in [0.2, 0.25) is 0 Å². The molecular formula is C22H28N2O4. The number of methoxy groups -OCH3 is 1. The first kappa shape index (κ1) is 21.3. The molecule has 0 fully saturated rings. The highest BCUT2D eigenvalue weighted by Crippen LogP contribution is 2.18. The molecule has 6 nitrogen and oxygen atoms in total. The molecule has 150 valence electrons. The van der Waals surface area contributed by atoms with Crippen molar-refractivity contribution in [3.05, 3.63) is 59.7 Å². The van der Waals surface area contributed by atoms with Gasteiger partial charge in [0.15, 0.2) is 6.61 Å². The minimum absolute atomic E-state index is 0.147. The Bertz CT molecular complexity index is 789. The van der Waals surface area contributed by atoms with Gasteiger partial charge in [0.1, 0.15) is 17.5 Å². The van der Waals surface area contributed by atoms with E-state index in [1.54, 1.807) is 43.3 Å². The number of amides is 2. The zero-order valence-corrected chi connectivity index (χ0v) is 16.9. The lowest BCUT2D eigenvalue weighted by molar-refractivity contribution is -0.142. The van der Waals surface area contributed by atoms with Gasteiger partial charge in [-0.2, -0.15) is 0 Å². The summed E-state index contributed by atoms with van der Waals surface area (Å²) in [6, 6.07) is 14.4. The van der Waals surface area contributed by atoms with E-state index in [2.05, 4.69) is 5.32 Å². The molecule has 0 aliphatic carbocycles. The van der Waals surface area contributed by atoms with Crippen LogP contribution in [0.4, 0.5) is 0 Å². The number of carbonyl (C=O) groups excluding carboxylic acids is 2. The molecule has 0 aliphatic rings. The van der Waals surface area contributed by atoms with Crippen molar-refractivity contribution in [2.24, 2.45) is 0 Å². The first-order valence-electron chi connectivity index (χ1n) is 9.32. The van der Waals surface area contributed by atoms with Gasteiger partial charge >= 0.3 is 0 Å². The number of ether oxygens (including phenoxy) is 2. The van der Waals surface area contributed by atoms with Gasteiger partial charge in [-0.15, -0.1) is 0 Å². The van der Waals surface area contributed by atoms with Gasteiger partial charge in [-0.25, -0.2) is 0 Å². The van der Waals surface area contributed by atoms with Crippen LogP contribution in [0.15, 0.2) is 48.5 Å². The maximum atomic E-state index is 12.9. The Morgan fingerprint density at radius 1 is 1.11 bits per heavy atom. The summed E-state index contributed by atoms with van der Waals surface area (Å²) in [5.74, 6) is 0.851. The summed E-state index contributed by atoms with van der Waals surface area (Å²) in [6.45, 7) is 4.09. The van der Waals surface area contributed by atoms with E-state index in [-0.39, 0.29) is 18.4 Å². The van der Waals surface area contributed by atoms with Crippen molar-refractivity contribution >= 4 is 11.8 Å². The van der Waals surface area contributed by atoms with E-state index >= 15 is 0 Å². The summed E-state index contributed by atoms with van der Waals surface area (Å²) in [7, 11) is 3.17. The molecule has 0 bridgehead atoms. The Kier molecular flexibility index (Phi) is 7.87. The molecule has 1 N–H and O–H groups in total. The molecule has 6 heteroatoms. The summed E-state index contributed by atoms with van der Waals surface area (Å²) in [5, 5.41) is 2.65. The minimum Gasteiger partial charge on any atom is -0.497 e. The Morgan fingerprint density at radius 3 is 2.36 bits per heavy atom. The van der Waals surface area contributed by atoms with Crippen LogP contribution in [0, 0.1) is 6.92 Å². The average Bonchev–Trinajstić information content (AvgIpc) is 2.72. The maximum Gasteiger partial charge on any atom is 0.261 e. The molecule has 0 spiro atoms. The molecule has 0 aromatic heterocycles. The van der Waals surface area contributed by atoms with Crippen molar-refractivity contribution in [2.75, 3.05) is 20.8 Å². The lowest BCUT2D eigenvalue weighted by atomic mass is 10.1. The number of rotatable bonds is 9. The first-order chi connectivity index (χ1) is 13.5. The van der Waals surface area contributed by atoms with Gasteiger partial charge < -0.3 is 19.7 Å². The Balaban J connectivity index is 2.15. The minimum atomic E-state index is -0.558. The van der Waals surface area contributed by atoms with E-state index in [1.807, 2.05) is 38.1 Å². The Morgan fingerprint density at radius 2 is 1.79 bits per heavy atom. The average molecular weight is 384 g/mol. The number of carbonyl (C=O) groups is 2. The van der Waals surface area contributed by atoms with E-state index in [0.29, 0.717) is 24.5 Å². The normalized spacial score (nSPS) is 11.4. The quantitative estimate of drug-likeness (QED) is 0.722. The number of likely N-dealkylation sites (N-methyl/N-ethyl adjacent to an activating group) is 1. The fourth-order valence-electron chi connectivity index (χ4n) is 2.99. The summed E-state index contributed by atoms with van der Waals surface area (Å²) < 4.78 is 10.8. The van der Waals surface area contributed by atoms with E-state index in [0.717, 1.165) is 11.1 Å². The second-order valence-electron chi connectivity index (χ2n) is 6.51. The molecule has 0 saturated heterocycles. The van der Waals surface area contributed by atoms with E-state index in [9.17, 15) is 9.59 Å². The van der Waals surface area contributed by atoms with Gasteiger partial charge in [-0.1, -0.05) is 36.8 Å². The van der Waals surface area contributed by atoms with Crippen LogP contribution < -0.4 is 14.8 Å². The molecule has 2 aromatic rings. The van der Waals surface area contributed by atoms with Crippen molar-refractivity contribution < 1.29 is 19.1 Å². The molecule has 1 atom stereocenters. The van der Waals surface area contributed by atoms with Crippen LogP contribution in [0.1, 0.15) is 24.5 Å². The highest BCUT2D eigenvalue weighted by Gasteiger charge is 2.28. The molecule has 0 heterocycles. The Hall–Kier alpha value is -3.02. The molecule has 2 rings (SSSR count). The zero-order valence-electron chi connectivity index (χ0n) is 16.9. The third kappa shape index (κ3) is 5.74. The summed E-state index contributed by atoms with van der Waals surface area (Å²) >= 11 is 0. The smallest absolute Gasteiger partial charge is 0.261 e. The van der Waals surface area contributed by atoms with Crippen LogP contribution in [0.25, 0.3) is 0 Å². The monoisotopic (exact) mass is 384 g/mol. The molecule has 28 heavy (non-hydrogen) atoms. The third-order valence-corrected chi connectivity index (χ3v) is 4.49. The highest BCUT2D eigenvalue weighted by atomic mass is 16.5. The Labute approximate surface area is 166 Å². The third-order valence-electron chi connectivity index (χ3n) is 4.49. The van der Waals surface area contributed by atoms with E-state index in [1.165, 1.54) is 0 Å². The molecule has 0 radical (unpaired) electrons. The lowest BCUT2D eigenvalue weighted by Crippen LogP contribution is -2.49. The first-order valence-corrected chi connectivity index (χ1v) is 9.32. The van der Waals surface area contributed by atoms with Crippen molar-refractivity contribution in [3.8, 4) is 11.5 Å². The topological polar surface area (TPSA) is 67.9 Å². The van der Waals surface area contributed by atoms with Gasteiger partial charge in [0.2, 0.25) is 5.91 Å². The molecule has 0 saturated carbocycles. The number of nitrogens with zero attached hydrogens (tertiary/aromatic N) is 1. The van der Waals surface area contributed by atoms with Crippen molar-refractivity contribution in [2.45, 2.75) is 32.9 Å². The van der Waals surface area contributed by atoms with Gasteiger partial charge in [-0.05, 0) is 43.2 Å². The van der Waals surface area contributed by atoms with Crippen molar-refractivity contribution in [3.63, 3.8) is 0 Å². The second kappa shape index (κ2) is 10.3. The van der Waals surface area contributed by atoms with Crippen LogP contribution in [0.5, 0.6) is 11.5 Å². The summed E-state index contributed by atoms with van der Waals surface area (Å²) in [5.41, 5.74) is 2.08.